The lowest BCUT2D eigenvalue weighted by molar-refractivity contribution is 0.0691. The van der Waals surface area contributed by atoms with E-state index >= 15 is 0 Å². The molecule has 5 rings (SSSR count). The predicted octanol–water partition coefficient (Wildman–Crippen LogP) is 4.31. The Balaban J connectivity index is 1.65. The van der Waals surface area contributed by atoms with E-state index in [1.807, 2.05) is 35.0 Å². The molecule has 7 nitrogen and oxygen atoms in total. The third-order valence-corrected chi connectivity index (χ3v) is 7.28. The summed E-state index contributed by atoms with van der Waals surface area (Å²) in [5.41, 5.74) is 3.70. The zero-order chi connectivity index (χ0) is 22.2. The Kier molecular flexibility index (Phi) is 5.59. The van der Waals surface area contributed by atoms with Crippen LogP contribution in [0.4, 0.5) is 5.69 Å². The van der Waals surface area contributed by atoms with Gasteiger partial charge >= 0.3 is 5.97 Å². The van der Waals surface area contributed by atoms with E-state index in [-0.39, 0.29) is 5.69 Å². The highest BCUT2D eigenvalue weighted by Gasteiger charge is 2.31. The second-order valence-corrected chi connectivity index (χ2v) is 9.08. The number of hydrogen-bond acceptors (Lipinski definition) is 5. The molecule has 1 aliphatic heterocycles. The van der Waals surface area contributed by atoms with Crippen LogP contribution in [0.5, 0.6) is 0 Å². The van der Waals surface area contributed by atoms with Crippen molar-refractivity contribution >= 4 is 22.7 Å². The Labute approximate surface area is 188 Å². The highest BCUT2D eigenvalue weighted by Crippen LogP contribution is 2.43. The van der Waals surface area contributed by atoms with E-state index in [2.05, 4.69) is 28.8 Å². The van der Waals surface area contributed by atoms with Crippen molar-refractivity contribution in [1.29, 1.82) is 0 Å². The molecule has 0 bridgehead atoms. The fourth-order valence-corrected chi connectivity index (χ4v) is 5.00. The summed E-state index contributed by atoms with van der Waals surface area (Å²) in [6, 6.07) is 12.3. The fourth-order valence-electron chi connectivity index (χ4n) is 5.00. The molecule has 1 N–H and O–H groups in total. The number of hydrogen-bond donors (Lipinski definition) is 1. The number of para-hydroxylation sites is 1. The standard InChI is InChI=1S/C25H31N5O2/c1-3-28(2)18-12-14-29(15-13-18)21-16-20(25(31)32)26-24-22(21)23(17-8-7-9-17)27-30(24)19-10-5-4-6-11-19/h4-6,10-11,16-18H,3,7-9,12-15H2,1-2H3,(H,31,32). The lowest BCUT2D eigenvalue weighted by Crippen LogP contribution is -2.43. The monoisotopic (exact) mass is 433 g/mol. The molecule has 1 aliphatic carbocycles. The van der Waals surface area contributed by atoms with Gasteiger partial charge in [-0.1, -0.05) is 31.5 Å². The van der Waals surface area contributed by atoms with Gasteiger partial charge in [0.15, 0.2) is 11.3 Å². The summed E-state index contributed by atoms with van der Waals surface area (Å²) in [6.07, 6.45) is 5.62. The molecule has 0 radical (unpaired) electrons. The van der Waals surface area contributed by atoms with Crippen molar-refractivity contribution in [3.05, 3.63) is 47.8 Å². The predicted molar refractivity (Wildman–Crippen MR) is 126 cm³/mol. The number of aromatic carboxylic acids is 1. The van der Waals surface area contributed by atoms with Crippen LogP contribution in [-0.4, -0.2) is 63.5 Å². The number of piperidine rings is 1. The molecule has 1 aromatic carbocycles. The SMILES string of the molecule is CCN(C)C1CCN(c2cc(C(=O)O)nc3c2c(C2CCC2)nn3-c2ccccc2)CC1. The van der Waals surface area contributed by atoms with Crippen LogP contribution in [0.3, 0.4) is 0 Å². The smallest absolute Gasteiger partial charge is 0.354 e. The summed E-state index contributed by atoms with van der Waals surface area (Å²) in [7, 11) is 2.19. The van der Waals surface area contributed by atoms with Crippen LogP contribution < -0.4 is 4.90 Å². The van der Waals surface area contributed by atoms with Gasteiger partial charge in [-0.2, -0.15) is 5.10 Å². The van der Waals surface area contributed by atoms with E-state index in [1.165, 1.54) is 6.42 Å². The Morgan fingerprint density at radius 3 is 2.47 bits per heavy atom. The number of aromatic nitrogens is 3. The molecule has 0 atom stereocenters. The van der Waals surface area contributed by atoms with Gasteiger partial charge in [0.1, 0.15) is 0 Å². The van der Waals surface area contributed by atoms with Crippen molar-refractivity contribution in [1.82, 2.24) is 19.7 Å². The molecule has 3 heterocycles. The van der Waals surface area contributed by atoms with Gasteiger partial charge in [0.05, 0.1) is 22.5 Å². The first-order valence-electron chi connectivity index (χ1n) is 11.7. The molecule has 1 saturated heterocycles. The molecule has 2 fully saturated rings. The summed E-state index contributed by atoms with van der Waals surface area (Å²) in [4.78, 5) is 21.4. The lowest BCUT2D eigenvalue weighted by Gasteiger charge is -2.38. The molecular formula is C25H31N5O2. The number of fused-ring (bicyclic) bond motifs is 1. The molecule has 3 aromatic rings. The maximum absolute atomic E-state index is 12.0. The molecule has 2 aromatic heterocycles. The minimum Gasteiger partial charge on any atom is -0.477 e. The number of anilines is 1. The molecule has 1 saturated carbocycles. The molecule has 32 heavy (non-hydrogen) atoms. The molecule has 0 unspecified atom stereocenters. The van der Waals surface area contributed by atoms with E-state index in [4.69, 9.17) is 5.10 Å². The number of carbonyl (C=O) groups is 1. The first-order chi connectivity index (χ1) is 15.6. The topological polar surface area (TPSA) is 74.5 Å². The lowest BCUT2D eigenvalue weighted by atomic mass is 9.82. The quantitative estimate of drug-likeness (QED) is 0.625. The summed E-state index contributed by atoms with van der Waals surface area (Å²) >= 11 is 0. The van der Waals surface area contributed by atoms with Gasteiger partial charge in [0.25, 0.3) is 0 Å². The van der Waals surface area contributed by atoms with Crippen LogP contribution in [0, 0.1) is 0 Å². The number of rotatable bonds is 6. The summed E-state index contributed by atoms with van der Waals surface area (Å²) in [6.45, 7) is 5.06. The van der Waals surface area contributed by atoms with Crippen LogP contribution in [0.1, 0.15) is 61.1 Å². The summed E-state index contributed by atoms with van der Waals surface area (Å²) in [5.74, 6) is -0.581. The largest absolute Gasteiger partial charge is 0.477 e. The van der Waals surface area contributed by atoms with Crippen molar-refractivity contribution < 1.29 is 9.90 Å². The van der Waals surface area contributed by atoms with E-state index in [1.54, 1.807) is 6.07 Å². The second kappa shape index (κ2) is 8.54. The van der Waals surface area contributed by atoms with E-state index in [0.717, 1.165) is 67.8 Å². The van der Waals surface area contributed by atoms with Crippen molar-refractivity contribution in [2.75, 3.05) is 31.6 Å². The highest BCUT2D eigenvalue weighted by atomic mass is 16.4. The zero-order valence-electron chi connectivity index (χ0n) is 18.9. The Bertz CT molecular complexity index is 1110. The summed E-state index contributed by atoms with van der Waals surface area (Å²) in [5, 5.41) is 15.9. The van der Waals surface area contributed by atoms with Gasteiger partial charge in [-0.15, -0.1) is 0 Å². The molecule has 2 aliphatic rings. The van der Waals surface area contributed by atoms with Crippen molar-refractivity contribution in [3.63, 3.8) is 0 Å². The average Bonchev–Trinajstić information content (AvgIpc) is 3.16. The zero-order valence-corrected chi connectivity index (χ0v) is 18.9. The van der Waals surface area contributed by atoms with Crippen molar-refractivity contribution in [3.8, 4) is 5.69 Å². The summed E-state index contributed by atoms with van der Waals surface area (Å²) < 4.78 is 1.84. The van der Waals surface area contributed by atoms with E-state index in [9.17, 15) is 9.90 Å². The fraction of sp³-hybridized carbons (Fsp3) is 0.480. The van der Waals surface area contributed by atoms with Gasteiger partial charge in [0.2, 0.25) is 0 Å². The van der Waals surface area contributed by atoms with Gasteiger partial charge in [-0.3, -0.25) is 0 Å². The number of carboxylic acids is 1. The van der Waals surface area contributed by atoms with Crippen LogP contribution in [-0.2, 0) is 0 Å². The number of benzene rings is 1. The third-order valence-electron chi connectivity index (χ3n) is 7.28. The van der Waals surface area contributed by atoms with Gasteiger partial charge in [0, 0.05) is 25.0 Å². The molecule has 168 valence electrons. The van der Waals surface area contributed by atoms with Crippen LogP contribution in [0.15, 0.2) is 36.4 Å². The number of nitrogens with zero attached hydrogens (tertiary/aromatic N) is 5. The molecular weight excluding hydrogens is 402 g/mol. The van der Waals surface area contributed by atoms with E-state index < -0.39 is 5.97 Å². The van der Waals surface area contributed by atoms with Gasteiger partial charge in [-0.25, -0.2) is 14.5 Å². The molecule has 0 spiro atoms. The Morgan fingerprint density at radius 2 is 1.88 bits per heavy atom. The average molecular weight is 434 g/mol. The van der Waals surface area contributed by atoms with Crippen molar-refractivity contribution in [2.24, 2.45) is 0 Å². The first-order valence-corrected chi connectivity index (χ1v) is 11.7. The minimum atomic E-state index is -1.00. The highest BCUT2D eigenvalue weighted by molar-refractivity contribution is 5.98. The maximum atomic E-state index is 12.0. The van der Waals surface area contributed by atoms with Crippen LogP contribution in [0.2, 0.25) is 0 Å². The third kappa shape index (κ3) is 3.64. The second-order valence-electron chi connectivity index (χ2n) is 9.08. The van der Waals surface area contributed by atoms with Crippen LogP contribution in [0.25, 0.3) is 16.7 Å². The number of pyridine rings is 1. The maximum Gasteiger partial charge on any atom is 0.354 e. The minimum absolute atomic E-state index is 0.0811. The molecule has 7 heteroatoms. The van der Waals surface area contributed by atoms with Gasteiger partial charge < -0.3 is 14.9 Å². The van der Waals surface area contributed by atoms with Crippen LogP contribution >= 0.6 is 0 Å². The molecule has 0 amide bonds. The van der Waals surface area contributed by atoms with Gasteiger partial charge in [-0.05, 0) is 57.5 Å². The normalized spacial score (nSPS) is 17.8. The Morgan fingerprint density at radius 1 is 1.16 bits per heavy atom. The van der Waals surface area contributed by atoms with Crippen molar-refractivity contribution in [2.45, 2.75) is 51.0 Å². The Hall–Kier alpha value is -2.93. The van der Waals surface area contributed by atoms with E-state index in [0.29, 0.717) is 17.6 Å². The first kappa shape index (κ1) is 20.9. The number of carboxylic acid groups (broad SMARTS) is 1.